The number of piperazine rings is 1. The minimum atomic E-state index is 0.0140. The summed E-state index contributed by atoms with van der Waals surface area (Å²) >= 11 is 0. The van der Waals surface area contributed by atoms with Crippen LogP contribution in [0, 0.1) is 0 Å². The van der Waals surface area contributed by atoms with Crippen molar-refractivity contribution in [3.8, 4) is 11.5 Å². The zero-order chi connectivity index (χ0) is 17.5. The van der Waals surface area contributed by atoms with Crippen molar-refractivity contribution in [1.82, 2.24) is 19.4 Å². The molecule has 3 rings (SSSR count). The highest BCUT2D eigenvalue weighted by Gasteiger charge is 2.21. The van der Waals surface area contributed by atoms with Gasteiger partial charge >= 0.3 is 0 Å². The van der Waals surface area contributed by atoms with Gasteiger partial charge in [0.15, 0.2) is 18.1 Å². The van der Waals surface area contributed by atoms with E-state index in [1.54, 1.807) is 19.4 Å². The number of imidazole rings is 1. The first kappa shape index (κ1) is 17.3. The van der Waals surface area contributed by atoms with Gasteiger partial charge in [-0.05, 0) is 12.1 Å². The summed E-state index contributed by atoms with van der Waals surface area (Å²) < 4.78 is 12.9. The lowest BCUT2D eigenvalue weighted by Gasteiger charge is -2.34. The highest BCUT2D eigenvalue weighted by molar-refractivity contribution is 5.78. The number of aromatic nitrogens is 2. The second-order valence-electron chi connectivity index (χ2n) is 5.96. The van der Waals surface area contributed by atoms with Gasteiger partial charge < -0.3 is 18.9 Å². The average Bonchev–Trinajstić information content (AvgIpc) is 3.18. The molecule has 1 aliphatic heterocycles. The molecule has 25 heavy (non-hydrogen) atoms. The van der Waals surface area contributed by atoms with Gasteiger partial charge in [-0.15, -0.1) is 0 Å². The molecule has 0 N–H and O–H groups in total. The molecule has 0 unspecified atom stereocenters. The van der Waals surface area contributed by atoms with Crippen molar-refractivity contribution in [2.75, 3.05) is 46.4 Å². The predicted octanol–water partition coefficient (Wildman–Crippen LogP) is 1.11. The van der Waals surface area contributed by atoms with E-state index in [9.17, 15) is 4.79 Å². The van der Waals surface area contributed by atoms with Gasteiger partial charge in [-0.1, -0.05) is 12.1 Å². The molecule has 7 nitrogen and oxygen atoms in total. The summed E-state index contributed by atoms with van der Waals surface area (Å²) in [5.41, 5.74) is 0. The van der Waals surface area contributed by atoms with Crippen molar-refractivity contribution in [2.24, 2.45) is 0 Å². The molecule has 0 aliphatic carbocycles. The summed E-state index contributed by atoms with van der Waals surface area (Å²) in [4.78, 5) is 20.6. The zero-order valence-corrected chi connectivity index (χ0v) is 14.5. The second kappa shape index (κ2) is 8.53. The van der Waals surface area contributed by atoms with Crippen LogP contribution in [-0.2, 0) is 11.3 Å². The SMILES string of the molecule is COc1ccccc1OCC(=O)N1CCN(CCn2ccnc2)CC1. The number of methoxy groups -OCH3 is 1. The number of rotatable bonds is 7. The Labute approximate surface area is 147 Å². The van der Waals surface area contributed by atoms with Crippen molar-refractivity contribution in [3.05, 3.63) is 43.0 Å². The average molecular weight is 344 g/mol. The molecule has 2 heterocycles. The molecule has 0 saturated carbocycles. The fourth-order valence-corrected chi connectivity index (χ4v) is 2.87. The Kier molecular flexibility index (Phi) is 5.90. The molecule has 1 aliphatic rings. The Morgan fingerprint density at radius 2 is 1.88 bits per heavy atom. The Morgan fingerprint density at radius 3 is 2.56 bits per heavy atom. The van der Waals surface area contributed by atoms with E-state index in [0.29, 0.717) is 11.5 Å². The van der Waals surface area contributed by atoms with E-state index in [0.717, 1.165) is 39.3 Å². The van der Waals surface area contributed by atoms with Gasteiger partial charge in [0.1, 0.15) is 0 Å². The van der Waals surface area contributed by atoms with E-state index >= 15 is 0 Å². The molecule has 0 spiro atoms. The van der Waals surface area contributed by atoms with Crippen molar-refractivity contribution in [2.45, 2.75) is 6.54 Å². The molecule has 1 fully saturated rings. The number of carbonyl (C=O) groups excluding carboxylic acids is 1. The number of ether oxygens (including phenoxy) is 2. The summed E-state index contributed by atoms with van der Waals surface area (Å²) in [6.45, 7) is 5.16. The number of hydrogen-bond acceptors (Lipinski definition) is 5. The van der Waals surface area contributed by atoms with Gasteiger partial charge in [0.05, 0.1) is 13.4 Å². The van der Waals surface area contributed by atoms with Crippen molar-refractivity contribution in [1.29, 1.82) is 0 Å². The predicted molar refractivity (Wildman–Crippen MR) is 93.7 cm³/mol. The standard InChI is InChI=1S/C18H24N4O3/c1-24-16-4-2-3-5-17(16)25-14-18(23)22-12-10-20(11-13-22)8-9-21-7-6-19-15-21/h2-7,15H,8-14H2,1H3. The summed E-state index contributed by atoms with van der Waals surface area (Å²) in [6.07, 6.45) is 5.59. The lowest BCUT2D eigenvalue weighted by atomic mass is 10.3. The van der Waals surface area contributed by atoms with E-state index in [4.69, 9.17) is 9.47 Å². The Hall–Kier alpha value is -2.54. The third-order valence-corrected chi connectivity index (χ3v) is 4.38. The monoisotopic (exact) mass is 344 g/mol. The minimum absolute atomic E-state index is 0.0140. The number of benzene rings is 1. The third-order valence-electron chi connectivity index (χ3n) is 4.38. The molecule has 1 aromatic carbocycles. The van der Waals surface area contributed by atoms with E-state index < -0.39 is 0 Å². The lowest BCUT2D eigenvalue weighted by Crippen LogP contribution is -2.50. The van der Waals surface area contributed by atoms with Gasteiger partial charge in [-0.3, -0.25) is 9.69 Å². The van der Waals surface area contributed by atoms with Crippen LogP contribution in [0.25, 0.3) is 0 Å². The van der Waals surface area contributed by atoms with E-state index in [2.05, 4.69) is 14.5 Å². The number of para-hydroxylation sites is 2. The van der Waals surface area contributed by atoms with Gasteiger partial charge in [-0.25, -0.2) is 4.98 Å². The summed E-state index contributed by atoms with van der Waals surface area (Å²) in [7, 11) is 1.59. The maximum Gasteiger partial charge on any atom is 0.260 e. The second-order valence-corrected chi connectivity index (χ2v) is 5.96. The highest BCUT2D eigenvalue weighted by atomic mass is 16.5. The molecule has 1 amide bonds. The smallest absolute Gasteiger partial charge is 0.260 e. The van der Waals surface area contributed by atoms with Crippen molar-refractivity contribution in [3.63, 3.8) is 0 Å². The fraction of sp³-hybridized carbons (Fsp3) is 0.444. The normalized spacial score (nSPS) is 15.2. The number of hydrogen-bond donors (Lipinski definition) is 0. The lowest BCUT2D eigenvalue weighted by molar-refractivity contribution is -0.135. The van der Waals surface area contributed by atoms with Crippen LogP contribution >= 0.6 is 0 Å². The summed E-state index contributed by atoms with van der Waals surface area (Å²) in [5.74, 6) is 1.25. The first-order valence-electron chi connectivity index (χ1n) is 8.48. The van der Waals surface area contributed by atoms with Crippen LogP contribution in [0.2, 0.25) is 0 Å². The van der Waals surface area contributed by atoms with Crippen LogP contribution in [0.1, 0.15) is 0 Å². The first-order chi connectivity index (χ1) is 12.3. The van der Waals surface area contributed by atoms with Crippen LogP contribution in [-0.4, -0.2) is 71.7 Å². The molecule has 0 radical (unpaired) electrons. The van der Waals surface area contributed by atoms with Gasteiger partial charge in [0, 0.05) is 51.7 Å². The number of amides is 1. The van der Waals surface area contributed by atoms with E-state index in [1.807, 2.05) is 35.6 Å². The molecule has 2 aromatic rings. The Bertz CT molecular complexity index is 667. The maximum atomic E-state index is 12.4. The van der Waals surface area contributed by atoms with Crippen LogP contribution < -0.4 is 9.47 Å². The summed E-state index contributed by atoms with van der Waals surface area (Å²) in [5, 5.41) is 0. The molecular formula is C18H24N4O3. The Balaban J connectivity index is 1.40. The van der Waals surface area contributed by atoms with Gasteiger partial charge in [0.2, 0.25) is 0 Å². The number of carbonyl (C=O) groups is 1. The largest absolute Gasteiger partial charge is 0.493 e. The van der Waals surface area contributed by atoms with Gasteiger partial charge in [0.25, 0.3) is 5.91 Å². The van der Waals surface area contributed by atoms with Crippen molar-refractivity contribution >= 4 is 5.91 Å². The van der Waals surface area contributed by atoms with Crippen LogP contribution in [0.3, 0.4) is 0 Å². The number of nitrogens with zero attached hydrogens (tertiary/aromatic N) is 4. The van der Waals surface area contributed by atoms with Crippen LogP contribution in [0.15, 0.2) is 43.0 Å². The van der Waals surface area contributed by atoms with Crippen LogP contribution in [0.4, 0.5) is 0 Å². The van der Waals surface area contributed by atoms with Gasteiger partial charge in [-0.2, -0.15) is 0 Å². The summed E-state index contributed by atoms with van der Waals surface area (Å²) in [6, 6.07) is 7.36. The quantitative estimate of drug-likeness (QED) is 0.753. The molecule has 7 heteroatoms. The molecular weight excluding hydrogens is 320 g/mol. The molecule has 0 bridgehead atoms. The minimum Gasteiger partial charge on any atom is -0.493 e. The van der Waals surface area contributed by atoms with Crippen LogP contribution in [0.5, 0.6) is 11.5 Å². The fourth-order valence-electron chi connectivity index (χ4n) is 2.87. The molecule has 0 atom stereocenters. The Morgan fingerprint density at radius 1 is 1.12 bits per heavy atom. The first-order valence-corrected chi connectivity index (χ1v) is 8.48. The molecule has 1 aromatic heterocycles. The highest BCUT2D eigenvalue weighted by Crippen LogP contribution is 2.25. The third kappa shape index (κ3) is 4.73. The molecule has 1 saturated heterocycles. The van der Waals surface area contributed by atoms with E-state index in [1.165, 1.54) is 0 Å². The topological polar surface area (TPSA) is 59.8 Å². The maximum absolute atomic E-state index is 12.4. The molecule has 134 valence electrons. The zero-order valence-electron chi connectivity index (χ0n) is 14.5. The van der Waals surface area contributed by atoms with Crippen molar-refractivity contribution < 1.29 is 14.3 Å². The van der Waals surface area contributed by atoms with E-state index in [-0.39, 0.29) is 12.5 Å².